The Labute approximate surface area is 143 Å². The van der Waals surface area contributed by atoms with Gasteiger partial charge in [-0.3, -0.25) is 4.79 Å². The van der Waals surface area contributed by atoms with Crippen molar-refractivity contribution in [2.75, 3.05) is 18.8 Å². The maximum absolute atomic E-state index is 13.2. The van der Waals surface area contributed by atoms with Crippen molar-refractivity contribution in [2.45, 2.75) is 38.0 Å². The average Bonchev–Trinajstić information content (AvgIpc) is 2.54. The summed E-state index contributed by atoms with van der Waals surface area (Å²) in [5.74, 6) is -0.877. The van der Waals surface area contributed by atoms with Crippen molar-refractivity contribution in [3.05, 3.63) is 29.3 Å². The zero-order valence-corrected chi connectivity index (χ0v) is 14.4. The third-order valence-electron chi connectivity index (χ3n) is 4.81. The summed E-state index contributed by atoms with van der Waals surface area (Å²) in [5, 5.41) is 0. The number of para-hydroxylation sites is 1. The monoisotopic (exact) mass is 377 g/mol. The number of piperidine rings is 1. The number of alkyl halides is 3. The molecule has 0 saturated carbocycles. The summed E-state index contributed by atoms with van der Waals surface area (Å²) < 4.78 is 70.6. The lowest BCUT2D eigenvalue weighted by molar-refractivity contribution is -0.140. The average molecular weight is 377 g/mol. The number of benzene rings is 1. The van der Waals surface area contributed by atoms with Crippen LogP contribution in [0.3, 0.4) is 0 Å². The highest BCUT2D eigenvalue weighted by Gasteiger charge is 2.47. The van der Waals surface area contributed by atoms with E-state index >= 15 is 0 Å². The van der Waals surface area contributed by atoms with Crippen LogP contribution >= 0.6 is 0 Å². The van der Waals surface area contributed by atoms with Gasteiger partial charge in [-0.25, -0.2) is 12.7 Å². The summed E-state index contributed by atoms with van der Waals surface area (Å²) in [6, 6.07) is 3.41. The van der Waals surface area contributed by atoms with E-state index in [1.165, 1.54) is 23.4 Å². The number of fused-ring (bicyclic) bond motifs is 1. The van der Waals surface area contributed by atoms with E-state index in [-0.39, 0.29) is 43.7 Å². The van der Waals surface area contributed by atoms with Crippen molar-refractivity contribution >= 4 is 15.8 Å². The van der Waals surface area contributed by atoms with E-state index in [9.17, 15) is 26.4 Å². The standard InChI is InChI=1S/C16H18F3NO4S/c1-2-25(22,23)20-8-6-15(7-9-20)10-13(21)11-4-3-5-12(14(11)24-15)16(17,18)19/h3-5H,2,6-10H2,1H3. The van der Waals surface area contributed by atoms with E-state index in [4.69, 9.17) is 4.74 Å². The molecule has 1 aromatic carbocycles. The first-order valence-corrected chi connectivity index (χ1v) is 9.59. The highest BCUT2D eigenvalue weighted by Crippen LogP contribution is 2.45. The van der Waals surface area contributed by atoms with E-state index in [1.54, 1.807) is 0 Å². The minimum atomic E-state index is -4.63. The summed E-state index contributed by atoms with van der Waals surface area (Å²) in [4.78, 5) is 12.4. The molecular formula is C16H18F3NO4S. The molecule has 5 nitrogen and oxygen atoms in total. The molecule has 0 aromatic heterocycles. The summed E-state index contributed by atoms with van der Waals surface area (Å²) in [6.07, 6.45) is -4.30. The molecule has 1 fully saturated rings. The first-order chi connectivity index (χ1) is 11.6. The van der Waals surface area contributed by atoms with E-state index in [0.29, 0.717) is 0 Å². The fourth-order valence-corrected chi connectivity index (χ4v) is 4.47. The van der Waals surface area contributed by atoms with Gasteiger partial charge >= 0.3 is 6.18 Å². The number of hydrogen-bond donors (Lipinski definition) is 0. The predicted octanol–water partition coefficient (Wildman–Crippen LogP) is 2.85. The van der Waals surface area contributed by atoms with Gasteiger partial charge in [0.2, 0.25) is 10.0 Å². The maximum Gasteiger partial charge on any atom is 0.419 e. The lowest BCUT2D eigenvalue weighted by atomic mass is 9.82. The van der Waals surface area contributed by atoms with Gasteiger partial charge in [0.25, 0.3) is 0 Å². The number of sulfonamides is 1. The molecule has 2 aliphatic rings. The quantitative estimate of drug-likeness (QED) is 0.795. The number of hydrogen-bond acceptors (Lipinski definition) is 4. The van der Waals surface area contributed by atoms with Crippen LogP contribution in [0.5, 0.6) is 5.75 Å². The van der Waals surface area contributed by atoms with E-state index in [0.717, 1.165) is 6.07 Å². The predicted molar refractivity (Wildman–Crippen MR) is 84.0 cm³/mol. The number of halogens is 3. The molecule has 0 amide bonds. The zero-order chi connectivity index (χ0) is 18.5. The van der Waals surface area contributed by atoms with Gasteiger partial charge in [0, 0.05) is 25.9 Å². The van der Waals surface area contributed by atoms with E-state index in [1.807, 2.05) is 0 Å². The smallest absolute Gasteiger partial charge is 0.419 e. The molecule has 25 heavy (non-hydrogen) atoms. The first-order valence-electron chi connectivity index (χ1n) is 7.98. The first kappa shape index (κ1) is 18.2. The second-order valence-corrected chi connectivity index (χ2v) is 8.62. The number of nitrogens with zero attached hydrogens (tertiary/aromatic N) is 1. The van der Waals surface area contributed by atoms with Gasteiger partial charge in [-0.1, -0.05) is 6.07 Å². The van der Waals surface area contributed by atoms with Crippen LogP contribution < -0.4 is 4.74 Å². The molecule has 0 N–H and O–H groups in total. The summed E-state index contributed by atoms with van der Waals surface area (Å²) >= 11 is 0. The van der Waals surface area contributed by atoms with Crippen molar-refractivity contribution < 1.29 is 31.1 Å². The summed E-state index contributed by atoms with van der Waals surface area (Å²) in [6.45, 7) is 1.80. The number of ether oxygens (including phenoxy) is 1. The largest absolute Gasteiger partial charge is 0.485 e. The Hall–Kier alpha value is -1.61. The molecule has 0 bridgehead atoms. The van der Waals surface area contributed by atoms with Crippen LogP contribution in [0, 0.1) is 0 Å². The van der Waals surface area contributed by atoms with Crippen LogP contribution in [0.4, 0.5) is 13.2 Å². The Kier molecular flexibility index (Phi) is 4.35. The van der Waals surface area contributed by atoms with Gasteiger partial charge in [0.15, 0.2) is 5.78 Å². The van der Waals surface area contributed by atoms with Gasteiger partial charge in [-0.15, -0.1) is 0 Å². The highest BCUT2D eigenvalue weighted by molar-refractivity contribution is 7.89. The Morgan fingerprint density at radius 2 is 1.88 bits per heavy atom. The van der Waals surface area contributed by atoms with Crippen LogP contribution in [0.2, 0.25) is 0 Å². The number of carbonyl (C=O) groups excluding carboxylic acids is 1. The Balaban J connectivity index is 1.91. The summed E-state index contributed by atoms with van der Waals surface area (Å²) in [7, 11) is -3.37. The Morgan fingerprint density at radius 3 is 2.44 bits per heavy atom. The second-order valence-electron chi connectivity index (χ2n) is 6.36. The Bertz CT molecular complexity index is 796. The number of carbonyl (C=O) groups is 1. The molecule has 138 valence electrons. The molecule has 9 heteroatoms. The van der Waals surface area contributed by atoms with Crippen molar-refractivity contribution in [1.82, 2.24) is 4.31 Å². The molecule has 1 aromatic rings. The molecule has 1 saturated heterocycles. The fraction of sp³-hybridized carbons (Fsp3) is 0.562. The molecular weight excluding hydrogens is 359 g/mol. The van der Waals surface area contributed by atoms with Crippen LogP contribution in [-0.2, 0) is 16.2 Å². The van der Waals surface area contributed by atoms with Crippen molar-refractivity contribution in [2.24, 2.45) is 0 Å². The molecule has 2 aliphatic heterocycles. The minimum absolute atomic E-state index is 0.0404. The zero-order valence-electron chi connectivity index (χ0n) is 13.6. The van der Waals surface area contributed by atoms with Gasteiger partial charge < -0.3 is 4.74 Å². The minimum Gasteiger partial charge on any atom is -0.485 e. The van der Waals surface area contributed by atoms with Crippen LogP contribution in [0.15, 0.2) is 18.2 Å². The third-order valence-corrected chi connectivity index (χ3v) is 6.70. The maximum atomic E-state index is 13.2. The fourth-order valence-electron chi connectivity index (χ4n) is 3.36. The van der Waals surface area contributed by atoms with Gasteiger partial charge in [0.05, 0.1) is 23.3 Å². The van der Waals surface area contributed by atoms with E-state index in [2.05, 4.69) is 0 Å². The molecule has 0 aliphatic carbocycles. The highest BCUT2D eigenvalue weighted by atomic mass is 32.2. The molecule has 0 radical (unpaired) electrons. The van der Waals surface area contributed by atoms with Gasteiger partial charge in [-0.05, 0) is 19.1 Å². The molecule has 2 heterocycles. The van der Waals surface area contributed by atoms with Gasteiger partial charge in [-0.2, -0.15) is 13.2 Å². The number of rotatable bonds is 2. The topological polar surface area (TPSA) is 63.7 Å². The van der Waals surface area contributed by atoms with Crippen molar-refractivity contribution in [3.63, 3.8) is 0 Å². The van der Waals surface area contributed by atoms with Crippen LogP contribution in [-0.4, -0.2) is 42.9 Å². The Morgan fingerprint density at radius 1 is 1.24 bits per heavy atom. The molecule has 0 atom stereocenters. The van der Waals surface area contributed by atoms with Crippen molar-refractivity contribution in [3.8, 4) is 5.75 Å². The molecule has 1 spiro atoms. The molecule has 0 unspecified atom stereocenters. The third kappa shape index (κ3) is 3.27. The van der Waals surface area contributed by atoms with Crippen molar-refractivity contribution in [1.29, 1.82) is 0 Å². The second kappa shape index (κ2) is 5.98. The number of ketones is 1. The number of Topliss-reactive ketones (excluding diaryl/α,β-unsaturated/α-hetero) is 1. The molecule has 3 rings (SSSR count). The van der Waals surface area contributed by atoms with E-state index < -0.39 is 38.9 Å². The van der Waals surface area contributed by atoms with Crippen LogP contribution in [0.25, 0.3) is 0 Å². The lowest BCUT2D eigenvalue weighted by Crippen LogP contribution is -2.52. The SMILES string of the molecule is CCS(=O)(=O)N1CCC2(CC1)CC(=O)c1cccc(C(F)(F)F)c1O2. The normalized spacial score (nSPS) is 21.0. The summed E-state index contributed by atoms with van der Waals surface area (Å²) in [5.41, 5.74) is -2.12. The lowest BCUT2D eigenvalue weighted by Gasteiger charge is -2.44. The van der Waals surface area contributed by atoms with Gasteiger partial charge in [0.1, 0.15) is 11.4 Å². The van der Waals surface area contributed by atoms with Crippen LogP contribution in [0.1, 0.15) is 42.1 Å².